The van der Waals surface area contributed by atoms with Crippen molar-refractivity contribution in [1.82, 2.24) is 30.3 Å². The van der Waals surface area contributed by atoms with Crippen LogP contribution in [-0.4, -0.2) is 45.2 Å². The quantitative estimate of drug-likeness (QED) is 0.687. The monoisotopic (exact) mass is 248 g/mol. The van der Waals surface area contributed by atoms with E-state index in [0.29, 0.717) is 19.7 Å². The first kappa shape index (κ1) is 12.6. The minimum atomic E-state index is 0.534. The van der Waals surface area contributed by atoms with Crippen LogP contribution in [0.15, 0.2) is 24.7 Å². The zero-order valence-electron chi connectivity index (χ0n) is 10.3. The maximum atomic E-state index is 4.94. The first-order valence-corrected chi connectivity index (χ1v) is 5.73. The molecule has 0 atom stereocenters. The molecule has 2 aromatic rings. The number of hydrogen-bond acceptors (Lipinski definition) is 6. The fraction of sp³-hybridized carbons (Fsp3) is 0.455. The van der Waals surface area contributed by atoms with Crippen LogP contribution in [0, 0.1) is 0 Å². The fourth-order valence-electron chi connectivity index (χ4n) is 1.44. The Labute approximate surface area is 105 Å². The average Bonchev–Trinajstić information content (AvgIpc) is 2.84. The highest BCUT2D eigenvalue weighted by atomic mass is 16.5. The standard InChI is InChI=1S/C11H16N6O/c1-18-6-5-12-7-10-8-17(16-15-10)9-11-13-3-2-4-14-11/h2-4,8,12H,5-7,9H2,1H3. The summed E-state index contributed by atoms with van der Waals surface area (Å²) in [7, 11) is 1.68. The molecule has 0 unspecified atom stereocenters. The third kappa shape index (κ3) is 3.86. The minimum Gasteiger partial charge on any atom is -0.383 e. The van der Waals surface area contributed by atoms with Crippen molar-refractivity contribution in [1.29, 1.82) is 0 Å². The van der Waals surface area contributed by atoms with Crippen molar-refractivity contribution < 1.29 is 4.74 Å². The molecule has 2 heterocycles. The molecule has 7 nitrogen and oxygen atoms in total. The highest BCUT2D eigenvalue weighted by Gasteiger charge is 2.02. The summed E-state index contributed by atoms with van der Waals surface area (Å²) in [6.07, 6.45) is 5.31. The van der Waals surface area contributed by atoms with Gasteiger partial charge in [-0.1, -0.05) is 5.21 Å². The number of methoxy groups -OCH3 is 1. The van der Waals surface area contributed by atoms with E-state index in [2.05, 4.69) is 25.6 Å². The van der Waals surface area contributed by atoms with E-state index >= 15 is 0 Å². The predicted octanol–water partition coefficient (Wildman–Crippen LogP) is -0.148. The lowest BCUT2D eigenvalue weighted by atomic mass is 10.4. The zero-order valence-corrected chi connectivity index (χ0v) is 10.3. The van der Waals surface area contributed by atoms with Crippen LogP contribution in [0.2, 0.25) is 0 Å². The molecular formula is C11H16N6O. The van der Waals surface area contributed by atoms with Gasteiger partial charge in [0.1, 0.15) is 12.4 Å². The van der Waals surface area contributed by atoms with Gasteiger partial charge in [0, 0.05) is 32.6 Å². The lowest BCUT2D eigenvalue weighted by molar-refractivity contribution is 0.199. The molecule has 0 fully saturated rings. The number of aromatic nitrogens is 5. The van der Waals surface area contributed by atoms with E-state index in [4.69, 9.17) is 4.74 Å². The molecule has 0 aliphatic rings. The van der Waals surface area contributed by atoms with E-state index in [9.17, 15) is 0 Å². The van der Waals surface area contributed by atoms with Crippen LogP contribution in [0.25, 0.3) is 0 Å². The summed E-state index contributed by atoms with van der Waals surface area (Å²) in [4.78, 5) is 8.28. The molecule has 7 heteroatoms. The topological polar surface area (TPSA) is 77.8 Å². The molecule has 18 heavy (non-hydrogen) atoms. The van der Waals surface area contributed by atoms with Crippen LogP contribution in [0.1, 0.15) is 11.5 Å². The Bertz CT molecular complexity index is 458. The van der Waals surface area contributed by atoms with Crippen molar-refractivity contribution in [2.75, 3.05) is 20.3 Å². The molecule has 1 N–H and O–H groups in total. The van der Waals surface area contributed by atoms with Gasteiger partial charge in [-0.25, -0.2) is 14.6 Å². The predicted molar refractivity (Wildman–Crippen MR) is 64.7 cm³/mol. The van der Waals surface area contributed by atoms with E-state index < -0.39 is 0 Å². The highest BCUT2D eigenvalue weighted by molar-refractivity contribution is 4.94. The summed E-state index contributed by atoms with van der Waals surface area (Å²) in [5.41, 5.74) is 0.891. The first-order chi connectivity index (χ1) is 8.88. The van der Waals surface area contributed by atoms with Gasteiger partial charge in [0.25, 0.3) is 0 Å². The van der Waals surface area contributed by atoms with Gasteiger partial charge in [-0.15, -0.1) is 5.10 Å². The minimum absolute atomic E-state index is 0.534. The van der Waals surface area contributed by atoms with Crippen molar-refractivity contribution in [3.63, 3.8) is 0 Å². The van der Waals surface area contributed by atoms with E-state index in [1.807, 2.05) is 6.20 Å². The van der Waals surface area contributed by atoms with E-state index in [1.54, 1.807) is 30.3 Å². The van der Waals surface area contributed by atoms with Crippen molar-refractivity contribution in [2.24, 2.45) is 0 Å². The van der Waals surface area contributed by atoms with Crippen LogP contribution in [0.3, 0.4) is 0 Å². The molecule has 0 aliphatic carbocycles. The van der Waals surface area contributed by atoms with Gasteiger partial charge in [-0.2, -0.15) is 0 Å². The van der Waals surface area contributed by atoms with Gasteiger partial charge in [0.2, 0.25) is 0 Å². The molecule has 0 spiro atoms. The second-order valence-corrected chi connectivity index (χ2v) is 3.74. The Morgan fingerprint density at radius 1 is 1.33 bits per heavy atom. The zero-order chi connectivity index (χ0) is 12.6. The summed E-state index contributed by atoms with van der Waals surface area (Å²) < 4.78 is 6.67. The number of hydrogen-bond donors (Lipinski definition) is 1. The second kappa shape index (κ2) is 6.77. The molecule has 0 aliphatic heterocycles. The molecular weight excluding hydrogens is 232 g/mol. The average molecular weight is 248 g/mol. The third-order valence-corrected chi connectivity index (χ3v) is 2.30. The van der Waals surface area contributed by atoms with Crippen LogP contribution in [0.4, 0.5) is 0 Å². The van der Waals surface area contributed by atoms with Crippen molar-refractivity contribution in [2.45, 2.75) is 13.1 Å². The molecule has 0 aromatic carbocycles. The van der Waals surface area contributed by atoms with Crippen LogP contribution in [0.5, 0.6) is 0 Å². The molecule has 0 amide bonds. The Balaban J connectivity index is 1.83. The lowest BCUT2D eigenvalue weighted by Crippen LogP contribution is -2.18. The maximum absolute atomic E-state index is 4.94. The van der Waals surface area contributed by atoms with Gasteiger partial charge < -0.3 is 10.1 Å². The SMILES string of the molecule is COCCNCc1cn(Cc2ncccn2)nn1. The summed E-state index contributed by atoms with van der Waals surface area (Å²) in [5, 5.41) is 11.3. The van der Waals surface area contributed by atoms with Gasteiger partial charge >= 0.3 is 0 Å². The second-order valence-electron chi connectivity index (χ2n) is 3.74. The molecule has 0 saturated carbocycles. The molecule has 2 aromatic heterocycles. The maximum Gasteiger partial charge on any atom is 0.149 e. The van der Waals surface area contributed by atoms with Crippen molar-refractivity contribution in [3.8, 4) is 0 Å². The number of nitrogens with zero attached hydrogens (tertiary/aromatic N) is 5. The molecule has 2 rings (SSSR count). The largest absolute Gasteiger partial charge is 0.383 e. The van der Waals surface area contributed by atoms with Gasteiger partial charge in [0.05, 0.1) is 18.5 Å². The molecule has 0 radical (unpaired) electrons. The summed E-state index contributed by atoms with van der Waals surface area (Å²) in [5.74, 6) is 0.723. The molecule has 0 saturated heterocycles. The summed E-state index contributed by atoms with van der Waals surface area (Å²) in [6.45, 7) is 2.70. The number of rotatable bonds is 7. The summed E-state index contributed by atoms with van der Waals surface area (Å²) >= 11 is 0. The summed E-state index contributed by atoms with van der Waals surface area (Å²) in [6, 6.07) is 1.79. The Hall–Kier alpha value is -1.86. The van der Waals surface area contributed by atoms with Gasteiger partial charge in [-0.05, 0) is 6.07 Å². The fourth-order valence-corrected chi connectivity index (χ4v) is 1.44. The van der Waals surface area contributed by atoms with Crippen LogP contribution < -0.4 is 5.32 Å². The Morgan fingerprint density at radius 2 is 2.17 bits per heavy atom. The van der Waals surface area contributed by atoms with Crippen LogP contribution in [-0.2, 0) is 17.8 Å². The number of ether oxygens (including phenoxy) is 1. The van der Waals surface area contributed by atoms with Gasteiger partial charge in [0.15, 0.2) is 0 Å². The lowest BCUT2D eigenvalue weighted by Gasteiger charge is -2.00. The first-order valence-electron chi connectivity index (χ1n) is 5.73. The van der Waals surface area contributed by atoms with Crippen molar-refractivity contribution >= 4 is 0 Å². The third-order valence-electron chi connectivity index (χ3n) is 2.30. The molecule has 0 bridgehead atoms. The van der Waals surface area contributed by atoms with E-state index in [-0.39, 0.29) is 0 Å². The molecule has 96 valence electrons. The smallest absolute Gasteiger partial charge is 0.149 e. The van der Waals surface area contributed by atoms with Crippen molar-refractivity contribution in [3.05, 3.63) is 36.2 Å². The highest BCUT2D eigenvalue weighted by Crippen LogP contribution is 1.96. The van der Waals surface area contributed by atoms with E-state index in [0.717, 1.165) is 18.1 Å². The van der Waals surface area contributed by atoms with Crippen LogP contribution >= 0.6 is 0 Å². The normalized spacial score (nSPS) is 10.7. The Kier molecular flexibility index (Phi) is 4.74. The number of nitrogens with one attached hydrogen (secondary N) is 1. The van der Waals surface area contributed by atoms with Gasteiger partial charge in [-0.3, -0.25) is 0 Å². The van der Waals surface area contributed by atoms with E-state index in [1.165, 1.54) is 0 Å². The Morgan fingerprint density at radius 3 is 2.94 bits per heavy atom.